The van der Waals surface area contributed by atoms with Crippen molar-refractivity contribution < 1.29 is 17.9 Å². The van der Waals surface area contributed by atoms with Crippen LogP contribution in [0.5, 0.6) is 0 Å². The van der Waals surface area contributed by atoms with E-state index in [-0.39, 0.29) is 5.25 Å². The summed E-state index contributed by atoms with van der Waals surface area (Å²) in [5, 5.41) is 2.89. The minimum atomic E-state index is -3.18. The fourth-order valence-corrected chi connectivity index (χ4v) is 3.18. The van der Waals surface area contributed by atoms with Gasteiger partial charge < -0.3 is 14.8 Å². The molecule has 102 valence electrons. The summed E-state index contributed by atoms with van der Waals surface area (Å²) in [5.41, 5.74) is 0. The van der Waals surface area contributed by atoms with Crippen molar-refractivity contribution in [3.8, 4) is 0 Å². The average Bonchev–Trinajstić information content (AvgIpc) is 2.35. The zero-order valence-corrected chi connectivity index (χ0v) is 11.1. The third-order valence-electron chi connectivity index (χ3n) is 2.71. The van der Waals surface area contributed by atoms with E-state index in [4.69, 9.17) is 9.47 Å². The highest BCUT2D eigenvalue weighted by Gasteiger charge is 2.26. The molecule has 0 spiro atoms. The minimum Gasteiger partial charge on any atom is -0.382 e. The summed E-state index contributed by atoms with van der Waals surface area (Å²) < 4.78 is 36.3. The van der Waals surface area contributed by atoms with Gasteiger partial charge in [0.1, 0.15) is 0 Å². The van der Waals surface area contributed by atoms with E-state index in [0.717, 1.165) is 13.1 Å². The summed E-state index contributed by atoms with van der Waals surface area (Å²) >= 11 is 0. The Morgan fingerprint density at radius 2 is 1.94 bits per heavy atom. The first-order chi connectivity index (χ1) is 8.17. The highest BCUT2D eigenvalue weighted by atomic mass is 32.2. The quantitative estimate of drug-likeness (QED) is 0.569. The van der Waals surface area contributed by atoms with Crippen LogP contribution >= 0.6 is 0 Å². The van der Waals surface area contributed by atoms with Crippen LogP contribution in [0.15, 0.2) is 0 Å². The molecule has 1 aliphatic heterocycles. The maximum Gasteiger partial charge on any atom is 0.214 e. The lowest BCUT2D eigenvalue weighted by molar-refractivity contribution is 0.0736. The molecule has 0 amide bonds. The van der Waals surface area contributed by atoms with E-state index in [1.165, 1.54) is 0 Å². The van der Waals surface area contributed by atoms with Crippen molar-refractivity contribution in [1.29, 1.82) is 0 Å². The first-order valence-electron chi connectivity index (χ1n) is 5.92. The lowest BCUT2D eigenvalue weighted by atomic mass is 10.2. The lowest BCUT2D eigenvalue weighted by Gasteiger charge is -2.22. The first kappa shape index (κ1) is 14.8. The Kier molecular flexibility index (Phi) is 6.98. The molecule has 0 bridgehead atoms. The summed E-state index contributed by atoms with van der Waals surface area (Å²) in [6, 6.07) is 0. The fourth-order valence-electron chi connectivity index (χ4n) is 1.72. The van der Waals surface area contributed by atoms with Gasteiger partial charge in [-0.25, -0.2) is 13.1 Å². The van der Waals surface area contributed by atoms with Crippen LogP contribution in [0.25, 0.3) is 0 Å². The molecule has 0 saturated carbocycles. The Labute approximate surface area is 103 Å². The van der Waals surface area contributed by atoms with E-state index in [2.05, 4.69) is 10.0 Å². The summed E-state index contributed by atoms with van der Waals surface area (Å²) in [5.74, 6) is 0. The standard InChI is InChI=1S/C10H22N2O4S/c1-15-8-9-16-7-6-12-17(13,14)10-2-4-11-5-3-10/h10-12H,2-9H2,1H3. The second kappa shape index (κ2) is 7.99. The largest absolute Gasteiger partial charge is 0.382 e. The smallest absolute Gasteiger partial charge is 0.214 e. The topological polar surface area (TPSA) is 76.7 Å². The Morgan fingerprint density at radius 3 is 2.59 bits per heavy atom. The van der Waals surface area contributed by atoms with Crippen LogP contribution < -0.4 is 10.0 Å². The van der Waals surface area contributed by atoms with Gasteiger partial charge in [0, 0.05) is 13.7 Å². The van der Waals surface area contributed by atoms with E-state index in [1.807, 2.05) is 0 Å². The zero-order chi connectivity index (χ0) is 12.6. The van der Waals surface area contributed by atoms with Gasteiger partial charge in [0.05, 0.1) is 25.1 Å². The molecule has 0 radical (unpaired) electrons. The Morgan fingerprint density at radius 1 is 1.24 bits per heavy atom. The summed E-state index contributed by atoms with van der Waals surface area (Å²) in [4.78, 5) is 0. The van der Waals surface area contributed by atoms with Crippen molar-refractivity contribution in [3.05, 3.63) is 0 Å². The molecule has 1 heterocycles. The molecule has 1 rings (SSSR count). The second-order valence-electron chi connectivity index (χ2n) is 3.99. The number of piperidine rings is 1. The molecule has 17 heavy (non-hydrogen) atoms. The number of hydrogen-bond donors (Lipinski definition) is 2. The molecule has 1 saturated heterocycles. The van der Waals surface area contributed by atoms with Crippen molar-refractivity contribution in [2.24, 2.45) is 0 Å². The third kappa shape index (κ3) is 5.78. The van der Waals surface area contributed by atoms with Crippen LogP contribution in [0.2, 0.25) is 0 Å². The molecule has 0 aromatic heterocycles. The maximum absolute atomic E-state index is 11.9. The normalized spacial score (nSPS) is 18.4. The van der Waals surface area contributed by atoms with Gasteiger partial charge in [-0.05, 0) is 25.9 Å². The number of hydrogen-bond acceptors (Lipinski definition) is 5. The minimum absolute atomic E-state index is 0.261. The molecule has 0 atom stereocenters. The van der Waals surface area contributed by atoms with Crippen LogP contribution in [-0.2, 0) is 19.5 Å². The van der Waals surface area contributed by atoms with Crippen molar-refractivity contribution in [1.82, 2.24) is 10.0 Å². The monoisotopic (exact) mass is 266 g/mol. The Balaban J connectivity index is 2.15. The molecular formula is C10H22N2O4S. The first-order valence-corrected chi connectivity index (χ1v) is 7.47. The van der Waals surface area contributed by atoms with Crippen molar-refractivity contribution in [2.75, 3.05) is 46.6 Å². The molecule has 1 fully saturated rings. The summed E-state index contributed by atoms with van der Waals surface area (Å²) in [6.45, 7) is 3.28. The zero-order valence-electron chi connectivity index (χ0n) is 10.3. The van der Waals surface area contributed by atoms with Crippen molar-refractivity contribution >= 4 is 10.0 Å². The molecule has 0 aromatic rings. The van der Waals surface area contributed by atoms with Gasteiger partial charge in [0.2, 0.25) is 10.0 Å². The van der Waals surface area contributed by atoms with Gasteiger partial charge in [0.25, 0.3) is 0 Å². The molecule has 0 unspecified atom stereocenters. The highest BCUT2D eigenvalue weighted by molar-refractivity contribution is 7.90. The Bertz CT molecular complexity index is 289. The van der Waals surface area contributed by atoms with Gasteiger partial charge in [-0.3, -0.25) is 0 Å². The predicted molar refractivity (Wildman–Crippen MR) is 65.5 cm³/mol. The van der Waals surface area contributed by atoms with E-state index >= 15 is 0 Å². The molecular weight excluding hydrogens is 244 g/mol. The molecule has 0 aliphatic carbocycles. The van der Waals surface area contributed by atoms with E-state index in [9.17, 15) is 8.42 Å². The van der Waals surface area contributed by atoms with Gasteiger partial charge >= 0.3 is 0 Å². The van der Waals surface area contributed by atoms with Crippen molar-refractivity contribution in [2.45, 2.75) is 18.1 Å². The van der Waals surface area contributed by atoms with Gasteiger partial charge in [-0.2, -0.15) is 0 Å². The van der Waals surface area contributed by atoms with Crippen LogP contribution in [-0.4, -0.2) is 60.2 Å². The number of methoxy groups -OCH3 is 1. The SMILES string of the molecule is COCCOCCNS(=O)(=O)C1CCNCC1. The molecule has 1 aliphatic rings. The number of ether oxygens (including phenoxy) is 2. The van der Waals surface area contributed by atoms with Crippen molar-refractivity contribution in [3.63, 3.8) is 0 Å². The van der Waals surface area contributed by atoms with Gasteiger partial charge in [-0.15, -0.1) is 0 Å². The maximum atomic E-state index is 11.9. The van der Waals surface area contributed by atoms with E-state index in [0.29, 0.717) is 39.2 Å². The number of sulfonamides is 1. The van der Waals surface area contributed by atoms with Crippen LogP contribution in [0.3, 0.4) is 0 Å². The number of nitrogens with one attached hydrogen (secondary N) is 2. The molecule has 0 aromatic carbocycles. The third-order valence-corrected chi connectivity index (χ3v) is 4.66. The average molecular weight is 266 g/mol. The summed E-state index contributed by atoms with van der Waals surface area (Å²) in [6.07, 6.45) is 1.36. The molecule has 7 heteroatoms. The van der Waals surface area contributed by atoms with Crippen LogP contribution in [0.4, 0.5) is 0 Å². The molecule has 6 nitrogen and oxygen atoms in total. The van der Waals surface area contributed by atoms with Gasteiger partial charge in [-0.1, -0.05) is 0 Å². The predicted octanol–water partition coefficient (Wildman–Crippen LogP) is -0.679. The fraction of sp³-hybridized carbons (Fsp3) is 1.00. The van der Waals surface area contributed by atoms with E-state index in [1.54, 1.807) is 7.11 Å². The van der Waals surface area contributed by atoms with Crippen LogP contribution in [0.1, 0.15) is 12.8 Å². The Hall–Kier alpha value is -0.210. The lowest BCUT2D eigenvalue weighted by Crippen LogP contribution is -2.42. The highest BCUT2D eigenvalue weighted by Crippen LogP contribution is 2.11. The second-order valence-corrected chi connectivity index (χ2v) is 6.04. The van der Waals surface area contributed by atoms with E-state index < -0.39 is 10.0 Å². The van der Waals surface area contributed by atoms with Gasteiger partial charge in [0.15, 0.2) is 0 Å². The van der Waals surface area contributed by atoms with Crippen LogP contribution in [0, 0.1) is 0 Å². The number of rotatable bonds is 8. The summed E-state index contributed by atoms with van der Waals surface area (Å²) in [7, 11) is -1.58. The molecule has 2 N–H and O–H groups in total.